The molecule has 1 amide bonds. The number of rotatable bonds is 6. The molecule has 3 fully saturated rings. The lowest BCUT2D eigenvalue weighted by Gasteiger charge is -2.42. The second kappa shape index (κ2) is 10.4. The molecule has 3 saturated heterocycles. The summed E-state index contributed by atoms with van der Waals surface area (Å²) < 4.78 is 16.9. The van der Waals surface area contributed by atoms with Crippen molar-refractivity contribution in [3.63, 3.8) is 0 Å². The van der Waals surface area contributed by atoms with Gasteiger partial charge in [-0.2, -0.15) is 0 Å². The van der Waals surface area contributed by atoms with Gasteiger partial charge in [0.05, 0.1) is 25.9 Å². The van der Waals surface area contributed by atoms with Gasteiger partial charge in [-0.1, -0.05) is 0 Å². The Balaban J connectivity index is 1.59. The summed E-state index contributed by atoms with van der Waals surface area (Å²) in [5, 5.41) is 3.79. The first-order valence-corrected chi connectivity index (χ1v) is 11.5. The van der Waals surface area contributed by atoms with Crippen molar-refractivity contribution in [1.82, 2.24) is 15.1 Å². The second-order valence-corrected chi connectivity index (χ2v) is 9.77. The van der Waals surface area contributed by atoms with Crippen molar-refractivity contribution >= 4 is 6.09 Å². The normalized spacial score (nSPS) is 28.9. The van der Waals surface area contributed by atoms with Gasteiger partial charge in [-0.25, -0.2) is 4.79 Å². The van der Waals surface area contributed by atoms with E-state index in [1.54, 1.807) is 0 Å². The molecule has 0 bridgehead atoms. The molecule has 4 atom stereocenters. The Morgan fingerprint density at radius 1 is 1.10 bits per heavy atom. The number of morpholine rings is 1. The molecule has 0 unspecified atom stereocenters. The summed E-state index contributed by atoms with van der Waals surface area (Å²) in [5.41, 5.74) is -0.459. The van der Waals surface area contributed by atoms with Crippen LogP contribution in [0.5, 0.6) is 0 Å². The number of amides is 1. The second-order valence-electron chi connectivity index (χ2n) is 9.77. The smallest absolute Gasteiger partial charge is 0.410 e. The van der Waals surface area contributed by atoms with Gasteiger partial charge in [-0.3, -0.25) is 4.90 Å². The number of carbonyl (C=O) groups is 1. The molecule has 0 aromatic carbocycles. The largest absolute Gasteiger partial charge is 0.444 e. The third-order valence-corrected chi connectivity index (χ3v) is 6.43. The number of hydrogen-bond donors (Lipinski definition) is 1. The van der Waals surface area contributed by atoms with Crippen LogP contribution in [-0.4, -0.2) is 92.2 Å². The molecule has 7 heteroatoms. The van der Waals surface area contributed by atoms with E-state index in [0.29, 0.717) is 12.0 Å². The molecule has 3 aliphatic heterocycles. The molecule has 29 heavy (non-hydrogen) atoms. The standard InChI is InChI=1S/C22H41N3O4/c1-17(19-7-5-6-9-25(19)21(26)29-22(2,3)4)23-15-20(18-8-12-28-16-18)24-10-13-27-14-11-24/h17-20,23H,5-16H2,1-4H3/t17-,18-,19+,20+/m0/s1. The maximum atomic E-state index is 12.8. The van der Waals surface area contributed by atoms with Gasteiger partial charge in [0.25, 0.3) is 0 Å². The Kier molecular flexibility index (Phi) is 8.19. The van der Waals surface area contributed by atoms with Crippen LogP contribution in [0.1, 0.15) is 53.4 Å². The topological polar surface area (TPSA) is 63.3 Å². The molecule has 0 radical (unpaired) electrons. The van der Waals surface area contributed by atoms with E-state index in [2.05, 4.69) is 17.1 Å². The summed E-state index contributed by atoms with van der Waals surface area (Å²) in [6.07, 6.45) is 4.20. The summed E-state index contributed by atoms with van der Waals surface area (Å²) in [5.74, 6) is 0.570. The van der Waals surface area contributed by atoms with Crippen LogP contribution >= 0.6 is 0 Å². The zero-order chi connectivity index (χ0) is 20.9. The molecule has 0 aromatic rings. The van der Waals surface area contributed by atoms with Gasteiger partial charge in [0.2, 0.25) is 0 Å². The van der Waals surface area contributed by atoms with Crippen LogP contribution in [-0.2, 0) is 14.2 Å². The van der Waals surface area contributed by atoms with Crippen LogP contribution in [0.3, 0.4) is 0 Å². The number of nitrogens with zero attached hydrogens (tertiary/aromatic N) is 2. The summed E-state index contributed by atoms with van der Waals surface area (Å²) >= 11 is 0. The van der Waals surface area contributed by atoms with Crippen LogP contribution in [0.2, 0.25) is 0 Å². The number of hydrogen-bond acceptors (Lipinski definition) is 6. The number of carbonyl (C=O) groups excluding carboxylic acids is 1. The average molecular weight is 412 g/mol. The van der Waals surface area contributed by atoms with Gasteiger partial charge < -0.3 is 24.4 Å². The van der Waals surface area contributed by atoms with Crippen LogP contribution in [0.4, 0.5) is 4.79 Å². The summed E-state index contributed by atoms with van der Waals surface area (Å²) in [7, 11) is 0. The molecule has 0 aliphatic carbocycles. The molecule has 7 nitrogen and oxygen atoms in total. The molecule has 0 saturated carbocycles. The molecule has 0 spiro atoms. The van der Waals surface area contributed by atoms with Crippen molar-refractivity contribution in [2.24, 2.45) is 5.92 Å². The molecule has 1 N–H and O–H groups in total. The van der Waals surface area contributed by atoms with Crippen molar-refractivity contribution < 1.29 is 19.0 Å². The highest BCUT2D eigenvalue weighted by molar-refractivity contribution is 5.68. The molecule has 3 aliphatic rings. The van der Waals surface area contributed by atoms with Gasteiger partial charge >= 0.3 is 6.09 Å². The van der Waals surface area contributed by atoms with Gasteiger partial charge in [0, 0.05) is 50.8 Å². The zero-order valence-electron chi connectivity index (χ0n) is 18.8. The molecular weight excluding hydrogens is 370 g/mol. The van der Waals surface area contributed by atoms with Crippen LogP contribution < -0.4 is 5.32 Å². The number of piperidine rings is 1. The number of likely N-dealkylation sites (tertiary alicyclic amines) is 1. The quantitative estimate of drug-likeness (QED) is 0.725. The first-order chi connectivity index (χ1) is 13.8. The van der Waals surface area contributed by atoms with Crippen molar-refractivity contribution in [2.75, 3.05) is 52.6 Å². The average Bonchev–Trinajstić information content (AvgIpc) is 3.22. The maximum Gasteiger partial charge on any atom is 0.410 e. The Morgan fingerprint density at radius 3 is 2.52 bits per heavy atom. The zero-order valence-corrected chi connectivity index (χ0v) is 18.8. The van der Waals surface area contributed by atoms with Crippen LogP contribution in [0.25, 0.3) is 0 Å². The Labute approximate surface area is 176 Å². The van der Waals surface area contributed by atoms with Crippen LogP contribution in [0, 0.1) is 5.92 Å². The highest BCUT2D eigenvalue weighted by Crippen LogP contribution is 2.25. The first kappa shape index (κ1) is 22.8. The molecule has 168 valence electrons. The lowest BCUT2D eigenvalue weighted by molar-refractivity contribution is -0.00391. The SMILES string of the molecule is C[C@H](NC[C@H]([C@H]1CCOC1)N1CCOCC1)[C@H]1CCCCN1C(=O)OC(C)(C)C. The van der Waals surface area contributed by atoms with E-state index in [4.69, 9.17) is 14.2 Å². The van der Waals surface area contributed by atoms with Crippen molar-refractivity contribution in [1.29, 1.82) is 0 Å². The van der Waals surface area contributed by atoms with E-state index in [-0.39, 0.29) is 18.2 Å². The monoisotopic (exact) mass is 411 g/mol. The maximum absolute atomic E-state index is 12.8. The van der Waals surface area contributed by atoms with Crippen molar-refractivity contribution in [2.45, 2.75) is 77.1 Å². The third-order valence-electron chi connectivity index (χ3n) is 6.43. The summed E-state index contributed by atoms with van der Waals surface area (Å²) in [6, 6.07) is 0.875. The molecule has 0 aromatic heterocycles. The number of nitrogens with one attached hydrogen (secondary N) is 1. The van der Waals surface area contributed by atoms with Gasteiger partial charge in [0.15, 0.2) is 0 Å². The van der Waals surface area contributed by atoms with E-state index >= 15 is 0 Å². The predicted molar refractivity (Wildman–Crippen MR) is 113 cm³/mol. The highest BCUT2D eigenvalue weighted by atomic mass is 16.6. The van der Waals surface area contributed by atoms with E-state index < -0.39 is 5.60 Å². The molecular formula is C22H41N3O4. The lowest BCUT2D eigenvalue weighted by atomic mass is 9.94. The fraction of sp³-hybridized carbons (Fsp3) is 0.955. The minimum Gasteiger partial charge on any atom is -0.444 e. The highest BCUT2D eigenvalue weighted by Gasteiger charge is 2.36. The van der Waals surface area contributed by atoms with Crippen LogP contribution in [0.15, 0.2) is 0 Å². The van der Waals surface area contributed by atoms with E-state index in [1.807, 2.05) is 25.7 Å². The minimum absolute atomic E-state index is 0.176. The van der Waals surface area contributed by atoms with Gasteiger partial charge in [-0.15, -0.1) is 0 Å². The third kappa shape index (κ3) is 6.54. The van der Waals surface area contributed by atoms with Gasteiger partial charge in [0.1, 0.15) is 5.60 Å². The molecule has 3 heterocycles. The Bertz CT molecular complexity index is 513. The lowest BCUT2D eigenvalue weighted by Crippen LogP contribution is -2.57. The number of ether oxygens (including phenoxy) is 3. The fourth-order valence-electron chi connectivity index (χ4n) is 4.83. The van der Waals surface area contributed by atoms with E-state index in [1.165, 1.54) is 6.42 Å². The molecule has 3 rings (SSSR count). The van der Waals surface area contributed by atoms with E-state index in [0.717, 1.165) is 71.9 Å². The van der Waals surface area contributed by atoms with Gasteiger partial charge in [-0.05, 0) is 53.4 Å². The van der Waals surface area contributed by atoms with E-state index in [9.17, 15) is 4.79 Å². The van der Waals surface area contributed by atoms with Crippen molar-refractivity contribution in [3.8, 4) is 0 Å². The predicted octanol–water partition coefficient (Wildman–Crippen LogP) is 2.49. The Hall–Kier alpha value is -0.890. The fourth-order valence-corrected chi connectivity index (χ4v) is 4.83. The summed E-state index contributed by atoms with van der Waals surface area (Å²) in [6.45, 7) is 15.1. The van der Waals surface area contributed by atoms with Crippen molar-refractivity contribution in [3.05, 3.63) is 0 Å². The minimum atomic E-state index is -0.459. The summed E-state index contributed by atoms with van der Waals surface area (Å²) in [4.78, 5) is 17.3. The Morgan fingerprint density at radius 2 is 1.86 bits per heavy atom. The first-order valence-electron chi connectivity index (χ1n) is 11.5.